The first-order valence-corrected chi connectivity index (χ1v) is 9.41. The molecule has 1 fully saturated rings. The second kappa shape index (κ2) is 9.45. The largest absolute Gasteiger partial charge is 0.497 e. The Morgan fingerprint density at radius 2 is 1.89 bits per heavy atom. The number of rotatable bonds is 8. The van der Waals surface area contributed by atoms with Gasteiger partial charge < -0.3 is 19.3 Å². The van der Waals surface area contributed by atoms with E-state index in [9.17, 15) is 5.11 Å². The van der Waals surface area contributed by atoms with E-state index in [4.69, 9.17) is 19.5 Å². The number of nitriles is 1. The van der Waals surface area contributed by atoms with Gasteiger partial charge in [-0.2, -0.15) is 5.26 Å². The number of hydrogen-bond acceptors (Lipinski definition) is 6. The van der Waals surface area contributed by atoms with E-state index in [1.807, 2.05) is 18.2 Å². The highest BCUT2D eigenvalue weighted by molar-refractivity contribution is 5.43. The number of hydrogen-bond donors (Lipinski definition) is 1. The summed E-state index contributed by atoms with van der Waals surface area (Å²) in [6.45, 7) is 1.65. The lowest BCUT2D eigenvalue weighted by atomic mass is 10.0. The SMILES string of the molecule is COc1ccc(C2CCCN2CC(O)COc2ccc(C#N)cc2)c(OC)c1. The molecule has 3 rings (SSSR count). The predicted molar refractivity (Wildman–Crippen MR) is 106 cm³/mol. The zero-order valence-corrected chi connectivity index (χ0v) is 16.3. The highest BCUT2D eigenvalue weighted by Crippen LogP contribution is 2.38. The van der Waals surface area contributed by atoms with Gasteiger partial charge in [-0.1, -0.05) is 6.07 Å². The number of benzene rings is 2. The van der Waals surface area contributed by atoms with Gasteiger partial charge in [0.05, 0.1) is 25.9 Å². The van der Waals surface area contributed by atoms with Crippen molar-refractivity contribution in [2.24, 2.45) is 0 Å². The van der Waals surface area contributed by atoms with Gasteiger partial charge in [0, 0.05) is 24.2 Å². The lowest BCUT2D eigenvalue weighted by molar-refractivity contribution is 0.0635. The number of β-amino-alcohol motifs (C(OH)–C–C–N with tert-alkyl or cyclic N) is 1. The van der Waals surface area contributed by atoms with Crippen molar-refractivity contribution in [3.05, 3.63) is 53.6 Å². The van der Waals surface area contributed by atoms with Crippen molar-refractivity contribution in [3.8, 4) is 23.3 Å². The van der Waals surface area contributed by atoms with Gasteiger partial charge in [0.1, 0.15) is 30.0 Å². The van der Waals surface area contributed by atoms with E-state index in [1.165, 1.54) is 0 Å². The molecule has 0 saturated carbocycles. The maximum absolute atomic E-state index is 10.5. The van der Waals surface area contributed by atoms with Gasteiger partial charge >= 0.3 is 0 Å². The van der Waals surface area contributed by atoms with Crippen LogP contribution in [0.4, 0.5) is 0 Å². The molecular weight excluding hydrogens is 356 g/mol. The van der Waals surface area contributed by atoms with E-state index in [1.54, 1.807) is 38.5 Å². The Kier molecular flexibility index (Phi) is 6.75. The maximum Gasteiger partial charge on any atom is 0.127 e. The highest BCUT2D eigenvalue weighted by atomic mass is 16.5. The second-order valence-electron chi connectivity index (χ2n) is 6.86. The number of nitrogens with zero attached hydrogens (tertiary/aromatic N) is 2. The summed E-state index contributed by atoms with van der Waals surface area (Å²) in [5.74, 6) is 2.22. The molecule has 0 amide bonds. The molecule has 2 aromatic carbocycles. The van der Waals surface area contributed by atoms with Crippen molar-refractivity contribution in [1.29, 1.82) is 5.26 Å². The van der Waals surface area contributed by atoms with Gasteiger partial charge in [-0.3, -0.25) is 4.90 Å². The lowest BCUT2D eigenvalue weighted by Crippen LogP contribution is -2.35. The Morgan fingerprint density at radius 1 is 1.14 bits per heavy atom. The molecule has 6 nitrogen and oxygen atoms in total. The second-order valence-corrected chi connectivity index (χ2v) is 6.86. The molecule has 1 aliphatic heterocycles. The van der Waals surface area contributed by atoms with Crippen molar-refractivity contribution in [2.75, 3.05) is 33.9 Å². The van der Waals surface area contributed by atoms with E-state index in [-0.39, 0.29) is 12.6 Å². The third-order valence-corrected chi connectivity index (χ3v) is 5.03. The van der Waals surface area contributed by atoms with Gasteiger partial charge in [-0.05, 0) is 49.7 Å². The summed E-state index contributed by atoms with van der Waals surface area (Å²) in [4.78, 5) is 2.27. The van der Waals surface area contributed by atoms with Crippen molar-refractivity contribution in [1.82, 2.24) is 4.90 Å². The molecule has 0 radical (unpaired) electrons. The standard InChI is InChI=1S/C22H26N2O4/c1-26-19-9-10-20(22(12-19)27-2)21-4-3-11-24(21)14-17(25)15-28-18-7-5-16(13-23)6-8-18/h5-10,12,17,21,25H,3-4,11,14-15H2,1-2H3. The fourth-order valence-corrected chi connectivity index (χ4v) is 3.63. The normalized spacial score (nSPS) is 17.7. The van der Waals surface area contributed by atoms with E-state index in [0.717, 1.165) is 36.4 Å². The zero-order valence-electron chi connectivity index (χ0n) is 16.3. The summed E-state index contributed by atoms with van der Waals surface area (Å²) >= 11 is 0. The van der Waals surface area contributed by atoms with Crippen LogP contribution in [0.2, 0.25) is 0 Å². The zero-order chi connectivity index (χ0) is 19.9. The molecule has 6 heteroatoms. The van der Waals surface area contributed by atoms with Gasteiger partial charge in [0.2, 0.25) is 0 Å². The molecule has 148 valence electrons. The van der Waals surface area contributed by atoms with Crippen LogP contribution in [0.15, 0.2) is 42.5 Å². The maximum atomic E-state index is 10.5. The molecule has 2 unspecified atom stereocenters. The van der Waals surface area contributed by atoms with E-state index in [0.29, 0.717) is 17.9 Å². The Labute approximate surface area is 165 Å². The third-order valence-electron chi connectivity index (χ3n) is 5.03. The van der Waals surface area contributed by atoms with Gasteiger partial charge in [0.25, 0.3) is 0 Å². The Hall–Kier alpha value is -2.75. The Morgan fingerprint density at radius 3 is 2.57 bits per heavy atom. The van der Waals surface area contributed by atoms with E-state index in [2.05, 4.69) is 11.0 Å². The highest BCUT2D eigenvalue weighted by Gasteiger charge is 2.30. The molecule has 0 aromatic heterocycles. The molecule has 1 N–H and O–H groups in total. The fourth-order valence-electron chi connectivity index (χ4n) is 3.63. The van der Waals surface area contributed by atoms with Crippen LogP contribution in [0, 0.1) is 11.3 Å². The fraction of sp³-hybridized carbons (Fsp3) is 0.409. The summed E-state index contributed by atoms with van der Waals surface area (Å²) < 4.78 is 16.5. The van der Waals surface area contributed by atoms with Crippen LogP contribution in [0.3, 0.4) is 0 Å². The number of likely N-dealkylation sites (tertiary alicyclic amines) is 1. The number of ether oxygens (including phenoxy) is 3. The van der Waals surface area contributed by atoms with E-state index < -0.39 is 6.10 Å². The van der Waals surface area contributed by atoms with Crippen LogP contribution in [-0.4, -0.2) is 50.0 Å². The molecule has 0 spiro atoms. The van der Waals surface area contributed by atoms with Gasteiger partial charge in [-0.25, -0.2) is 0 Å². The first-order valence-electron chi connectivity index (χ1n) is 9.41. The van der Waals surface area contributed by atoms with Gasteiger partial charge in [-0.15, -0.1) is 0 Å². The first-order chi connectivity index (χ1) is 13.6. The van der Waals surface area contributed by atoms with Gasteiger partial charge in [0.15, 0.2) is 0 Å². The minimum Gasteiger partial charge on any atom is -0.497 e. The average molecular weight is 382 g/mol. The molecule has 2 aromatic rings. The minimum absolute atomic E-state index is 0.199. The average Bonchev–Trinajstić information content (AvgIpc) is 3.19. The first kappa shape index (κ1) is 20.0. The van der Waals surface area contributed by atoms with E-state index >= 15 is 0 Å². The molecule has 1 heterocycles. The van der Waals surface area contributed by atoms with Crippen molar-refractivity contribution in [3.63, 3.8) is 0 Å². The van der Waals surface area contributed by atoms with Crippen molar-refractivity contribution in [2.45, 2.75) is 25.0 Å². The molecule has 2 atom stereocenters. The molecular formula is C22H26N2O4. The monoisotopic (exact) mass is 382 g/mol. The van der Waals surface area contributed by atoms with Crippen molar-refractivity contribution >= 4 is 0 Å². The summed E-state index contributed by atoms with van der Waals surface area (Å²) in [6.07, 6.45) is 1.48. The van der Waals surface area contributed by atoms with Crippen LogP contribution >= 0.6 is 0 Å². The Bertz CT molecular complexity index is 816. The van der Waals surface area contributed by atoms with Crippen LogP contribution in [0.5, 0.6) is 17.2 Å². The summed E-state index contributed by atoms with van der Waals surface area (Å²) in [5.41, 5.74) is 1.70. The lowest BCUT2D eigenvalue weighted by Gasteiger charge is -2.28. The summed E-state index contributed by atoms with van der Waals surface area (Å²) in [6, 6.07) is 15.0. The van der Waals surface area contributed by atoms with Crippen LogP contribution in [-0.2, 0) is 0 Å². The Balaban J connectivity index is 1.60. The molecule has 28 heavy (non-hydrogen) atoms. The number of aliphatic hydroxyl groups is 1. The summed E-state index contributed by atoms with van der Waals surface area (Å²) in [7, 11) is 3.30. The molecule has 0 bridgehead atoms. The number of aliphatic hydroxyl groups excluding tert-OH is 1. The summed E-state index contributed by atoms with van der Waals surface area (Å²) in [5, 5.41) is 19.3. The van der Waals surface area contributed by atoms with Crippen LogP contribution in [0.1, 0.15) is 30.0 Å². The predicted octanol–water partition coefficient (Wildman–Crippen LogP) is 3.15. The smallest absolute Gasteiger partial charge is 0.127 e. The molecule has 1 saturated heterocycles. The molecule has 1 aliphatic rings. The van der Waals surface area contributed by atoms with Crippen LogP contribution in [0.25, 0.3) is 0 Å². The number of methoxy groups -OCH3 is 2. The van der Waals surface area contributed by atoms with Crippen molar-refractivity contribution < 1.29 is 19.3 Å². The minimum atomic E-state index is -0.611. The quantitative estimate of drug-likeness (QED) is 0.756. The molecule has 0 aliphatic carbocycles. The van der Waals surface area contributed by atoms with Crippen LogP contribution < -0.4 is 14.2 Å². The third kappa shape index (κ3) is 4.75. The topological polar surface area (TPSA) is 75.0 Å².